The van der Waals surface area contributed by atoms with Crippen molar-refractivity contribution in [1.82, 2.24) is 10.2 Å². The Morgan fingerprint density at radius 1 is 0.833 bits per heavy atom. The van der Waals surface area contributed by atoms with Crippen LogP contribution >= 0.6 is 15.9 Å². The van der Waals surface area contributed by atoms with Crippen molar-refractivity contribution in [2.75, 3.05) is 17.9 Å². The number of carbonyl (C=O) groups excluding carboxylic acids is 2. The van der Waals surface area contributed by atoms with E-state index in [-0.39, 0.29) is 23.8 Å². The second-order valence-electron chi connectivity index (χ2n) is 10.1. The molecule has 0 radical (unpaired) electrons. The van der Waals surface area contributed by atoms with Crippen molar-refractivity contribution in [3.05, 3.63) is 130 Å². The van der Waals surface area contributed by atoms with Crippen molar-refractivity contribution < 1.29 is 18.0 Å². The van der Waals surface area contributed by atoms with Crippen LogP contribution in [0.1, 0.15) is 22.3 Å². The zero-order valence-corrected chi connectivity index (χ0v) is 26.2. The third kappa shape index (κ3) is 7.46. The third-order valence-electron chi connectivity index (χ3n) is 7.03. The van der Waals surface area contributed by atoms with Crippen LogP contribution in [0.5, 0.6) is 0 Å². The van der Waals surface area contributed by atoms with Crippen LogP contribution in [0.4, 0.5) is 5.69 Å². The lowest BCUT2D eigenvalue weighted by Crippen LogP contribution is -2.53. The molecule has 1 N–H and O–H groups in total. The molecule has 42 heavy (non-hydrogen) atoms. The van der Waals surface area contributed by atoms with Crippen LogP contribution in [-0.4, -0.2) is 44.8 Å². The maximum Gasteiger partial charge on any atom is 0.264 e. The number of nitrogens with one attached hydrogen (secondary N) is 1. The number of anilines is 1. The third-order valence-corrected chi connectivity index (χ3v) is 9.30. The molecule has 0 fully saturated rings. The average Bonchev–Trinajstić information content (AvgIpc) is 2.98. The highest BCUT2D eigenvalue weighted by Crippen LogP contribution is 2.28. The molecule has 0 aliphatic heterocycles. The SMILES string of the molecule is CNC(=O)C(Cc1ccccc1)N(Cc1cccc(Br)c1)C(=O)CN(c1ccccc1C)S(=O)(=O)c1ccc(C)cc1. The number of amides is 2. The molecule has 4 rings (SSSR count). The largest absolute Gasteiger partial charge is 0.357 e. The summed E-state index contributed by atoms with van der Waals surface area (Å²) in [6.45, 7) is 3.30. The van der Waals surface area contributed by atoms with Crippen LogP contribution in [0, 0.1) is 13.8 Å². The van der Waals surface area contributed by atoms with Crippen molar-refractivity contribution >= 4 is 43.5 Å². The van der Waals surface area contributed by atoms with Crippen LogP contribution in [0.3, 0.4) is 0 Å². The van der Waals surface area contributed by atoms with E-state index in [1.54, 1.807) is 49.4 Å². The lowest BCUT2D eigenvalue weighted by atomic mass is 10.0. The molecule has 9 heteroatoms. The lowest BCUT2D eigenvalue weighted by Gasteiger charge is -2.34. The molecule has 0 aliphatic carbocycles. The van der Waals surface area contributed by atoms with Gasteiger partial charge in [0.05, 0.1) is 10.6 Å². The Morgan fingerprint density at radius 2 is 1.48 bits per heavy atom. The Kier molecular flexibility index (Phi) is 10.2. The van der Waals surface area contributed by atoms with E-state index in [2.05, 4.69) is 21.2 Å². The fourth-order valence-electron chi connectivity index (χ4n) is 4.75. The van der Waals surface area contributed by atoms with Gasteiger partial charge in [0, 0.05) is 24.5 Å². The number of hydrogen-bond donors (Lipinski definition) is 1. The number of carbonyl (C=O) groups is 2. The molecular weight excluding hydrogens is 614 g/mol. The van der Waals surface area contributed by atoms with Gasteiger partial charge in [-0.25, -0.2) is 8.42 Å². The number of para-hydroxylation sites is 1. The summed E-state index contributed by atoms with van der Waals surface area (Å²) < 4.78 is 30.1. The van der Waals surface area contributed by atoms with E-state index in [0.29, 0.717) is 11.3 Å². The predicted molar refractivity (Wildman–Crippen MR) is 170 cm³/mol. The minimum absolute atomic E-state index is 0.0785. The summed E-state index contributed by atoms with van der Waals surface area (Å²) in [6.07, 6.45) is 0.259. The minimum Gasteiger partial charge on any atom is -0.357 e. The van der Waals surface area contributed by atoms with Crippen molar-refractivity contribution in [3.63, 3.8) is 0 Å². The molecule has 4 aromatic rings. The standard InChI is InChI=1S/C33H34BrN3O4S/c1-24-16-18-29(19-17-24)42(40,41)37(30-15-8-7-10-25(30)2)23-32(38)36(22-27-13-9-14-28(34)20-27)31(33(39)35-3)21-26-11-5-4-6-12-26/h4-20,31H,21-23H2,1-3H3,(H,35,39). The maximum absolute atomic E-state index is 14.3. The van der Waals surface area contributed by atoms with Crippen LogP contribution in [0.15, 0.2) is 112 Å². The molecule has 0 saturated heterocycles. The first-order valence-corrected chi connectivity index (χ1v) is 15.8. The number of sulfonamides is 1. The molecule has 0 saturated carbocycles. The first kappa shape index (κ1) is 31.0. The van der Waals surface area contributed by atoms with E-state index < -0.39 is 28.5 Å². The second kappa shape index (κ2) is 13.8. The van der Waals surface area contributed by atoms with Crippen molar-refractivity contribution in [3.8, 4) is 0 Å². The van der Waals surface area contributed by atoms with E-state index in [1.807, 2.05) is 67.6 Å². The summed E-state index contributed by atoms with van der Waals surface area (Å²) in [5.41, 5.74) is 3.69. The fourth-order valence-corrected chi connectivity index (χ4v) is 6.67. The van der Waals surface area contributed by atoms with Gasteiger partial charge in [-0.3, -0.25) is 13.9 Å². The molecule has 2 amide bonds. The highest BCUT2D eigenvalue weighted by Gasteiger charge is 2.34. The van der Waals surface area contributed by atoms with E-state index in [4.69, 9.17) is 0 Å². The Bertz CT molecular complexity index is 1640. The highest BCUT2D eigenvalue weighted by atomic mass is 79.9. The van der Waals surface area contributed by atoms with Gasteiger partial charge in [-0.15, -0.1) is 0 Å². The van der Waals surface area contributed by atoms with Gasteiger partial charge in [0.2, 0.25) is 11.8 Å². The van der Waals surface area contributed by atoms with Crippen molar-refractivity contribution in [2.45, 2.75) is 37.8 Å². The minimum atomic E-state index is -4.13. The van der Waals surface area contributed by atoms with Crippen LogP contribution < -0.4 is 9.62 Å². The molecule has 0 bridgehead atoms. The smallest absolute Gasteiger partial charge is 0.264 e. The fraction of sp³-hybridized carbons (Fsp3) is 0.212. The van der Waals surface area contributed by atoms with Crippen LogP contribution in [0.2, 0.25) is 0 Å². The van der Waals surface area contributed by atoms with Gasteiger partial charge in [-0.1, -0.05) is 94.3 Å². The summed E-state index contributed by atoms with van der Waals surface area (Å²) in [7, 11) is -2.60. The topological polar surface area (TPSA) is 86.8 Å². The highest BCUT2D eigenvalue weighted by molar-refractivity contribution is 9.10. The molecule has 1 unspecified atom stereocenters. The van der Waals surface area contributed by atoms with Gasteiger partial charge in [-0.2, -0.15) is 0 Å². The number of rotatable bonds is 11. The molecule has 218 valence electrons. The lowest BCUT2D eigenvalue weighted by molar-refractivity contribution is -0.139. The van der Waals surface area contributed by atoms with Gasteiger partial charge in [0.1, 0.15) is 12.6 Å². The first-order chi connectivity index (χ1) is 20.1. The summed E-state index contributed by atoms with van der Waals surface area (Å²) >= 11 is 3.49. The van der Waals surface area contributed by atoms with E-state index >= 15 is 0 Å². The number of halogens is 1. The number of aryl methyl sites for hydroxylation is 2. The van der Waals surface area contributed by atoms with E-state index in [9.17, 15) is 18.0 Å². The van der Waals surface area contributed by atoms with Crippen molar-refractivity contribution in [1.29, 1.82) is 0 Å². The molecule has 0 aromatic heterocycles. The molecule has 7 nitrogen and oxygen atoms in total. The summed E-state index contributed by atoms with van der Waals surface area (Å²) in [4.78, 5) is 29.2. The van der Waals surface area contributed by atoms with E-state index in [1.165, 1.54) is 11.9 Å². The average molecular weight is 649 g/mol. The Morgan fingerprint density at radius 3 is 2.12 bits per heavy atom. The molecule has 4 aromatic carbocycles. The Balaban J connectivity index is 1.80. The quantitative estimate of drug-likeness (QED) is 0.228. The number of benzene rings is 4. The van der Waals surface area contributed by atoms with Crippen molar-refractivity contribution in [2.24, 2.45) is 0 Å². The van der Waals surface area contributed by atoms with Gasteiger partial charge < -0.3 is 10.2 Å². The number of nitrogens with zero attached hydrogens (tertiary/aromatic N) is 2. The van der Waals surface area contributed by atoms with Gasteiger partial charge in [-0.05, 0) is 60.9 Å². The van der Waals surface area contributed by atoms with Gasteiger partial charge in [0.15, 0.2) is 0 Å². The first-order valence-electron chi connectivity index (χ1n) is 13.5. The molecular formula is C33H34BrN3O4S. The molecule has 0 heterocycles. The molecule has 0 aliphatic rings. The number of likely N-dealkylation sites (N-methyl/N-ethyl adjacent to an activating group) is 1. The van der Waals surface area contributed by atoms with E-state index in [0.717, 1.165) is 25.5 Å². The van der Waals surface area contributed by atoms with Gasteiger partial charge >= 0.3 is 0 Å². The summed E-state index contributed by atoms with van der Waals surface area (Å²) in [5.74, 6) is -0.843. The monoisotopic (exact) mass is 647 g/mol. The zero-order valence-electron chi connectivity index (χ0n) is 23.8. The zero-order chi connectivity index (χ0) is 30.3. The second-order valence-corrected chi connectivity index (χ2v) is 12.9. The molecule has 0 spiro atoms. The summed E-state index contributed by atoms with van der Waals surface area (Å²) in [6, 6.07) is 29.7. The Labute approximate surface area is 256 Å². The van der Waals surface area contributed by atoms with Gasteiger partial charge in [0.25, 0.3) is 10.0 Å². The predicted octanol–water partition coefficient (Wildman–Crippen LogP) is 5.65. The molecule has 1 atom stereocenters. The Hall–Kier alpha value is -3.95. The normalized spacial score (nSPS) is 11.9. The number of hydrogen-bond acceptors (Lipinski definition) is 4. The summed E-state index contributed by atoms with van der Waals surface area (Å²) in [5, 5.41) is 2.70. The van der Waals surface area contributed by atoms with Crippen LogP contribution in [0.25, 0.3) is 0 Å². The maximum atomic E-state index is 14.3. The van der Waals surface area contributed by atoms with Crippen LogP contribution in [-0.2, 0) is 32.6 Å².